The van der Waals surface area contributed by atoms with Gasteiger partial charge < -0.3 is 9.64 Å². The first kappa shape index (κ1) is 15.1. The Bertz CT molecular complexity index is 811. The summed E-state index contributed by atoms with van der Waals surface area (Å²) in [6.45, 7) is 2.41. The molecule has 0 bridgehead atoms. The predicted molar refractivity (Wildman–Crippen MR) is 87.4 cm³/mol. The lowest BCUT2D eigenvalue weighted by molar-refractivity contribution is -0.152. The van der Waals surface area contributed by atoms with E-state index in [2.05, 4.69) is 11.2 Å². The van der Waals surface area contributed by atoms with Gasteiger partial charge in [0.2, 0.25) is 0 Å². The van der Waals surface area contributed by atoms with Gasteiger partial charge in [0.05, 0.1) is 13.2 Å². The van der Waals surface area contributed by atoms with Gasteiger partial charge in [0.25, 0.3) is 11.5 Å². The third-order valence-corrected chi connectivity index (χ3v) is 4.70. The maximum Gasteiger partial charge on any atom is 0.266 e. The molecule has 2 aliphatic rings. The van der Waals surface area contributed by atoms with Gasteiger partial charge >= 0.3 is 0 Å². The number of fused-ring (bicyclic) bond motifs is 1. The van der Waals surface area contributed by atoms with Gasteiger partial charge in [-0.25, -0.2) is 4.68 Å². The van der Waals surface area contributed by atoms with Gasteiger partial charge in [-0.15, -0.1) is 0 Å². The highest BCUT2D eigenvalue weighted by atomic mass is 16.5. The first-order valence-corrected chi connectivity index (χ1v) is 8.23. The van der Waals surface area contributed by atoms with Gasteiger partial charge in [-0.2, -0.15) is 5.10 Å². The largest absolute Gasteiger partial charge is 0.363 e. The molecular weight excluding hydrogens is 306 g/mol. The molecule has 1 aromatic carbocycles. The summed E-state index contributed by atoms with van der Waals surface area (Å²) >= 11 is 0. The fourth-order valence-electron chi connectivity index (χ4n) is 3.40. The van der Waals surface area contributed by atoms with Crippen LogP contribution in [-0.2, 0) is 22.5 Å². The topological polar surface area (TPSA) is 64.4 Å². The number of aromatic nitrogens is 2. The summed E-state index contributed by atoms with van der Waals surface area (Å²) in [5.41, 5.74) is 2.07. The van der Waals surface area contributed by atoms with E-state index in [1.54, 1.807) is 12.3 Å². The zero-order chi connectivity index (χ0) is 16.5. The van der Waals surface area contributed by atoms with Crippen molar-refractivity contribution in [2.45, 2.75) is 19.1 Å². The van der Waals surface area contributed by atoms with Crippen LogP contribution in [0.5, 0.6) is 0 Å². The third-order valence-electron chi connectivity index (χ3n) is 4.70. The molecule has 1 unspecified atom stereocenters. The molecule has 1 amide bonds. The molecule has 6 nitrogen and oxygen atoms in total. The lowest BCUT2D eigenvalue weighted by Gasteiger charge is -2.41. The second-order valence-electron chi connectivity index (χ2n) is 6.35. The van der Waals surface area contributed by atoms with Crippen molar-refractivity contribution < 1.29 is 9.53 Å². The normalized spacial score (nSPS) is 20.3. The number of carbonyl (C=O) groups excluding carboxylic acids is 1. The van der Waals surface area contributed by atoms with Gasteiger partial charge in [0, 0.05) is 31.3 Å². The van der Waals surface area contributed by atoms with Crippen LogP contribution in [0.25, 0.3) is 0 Å². The standard InChI is InChI=1S/C18H19N3O3/c22-16-6-3-8-19-21(16)12-13-10-20(11-13)18(23)17-15-5-2-1-4-14(15)7-9-24-17/h1-6,8,13,17H,7,9-12H2. The zero-order valence-corrected chi connectivity index (χ0v) is 13.3. The Morgan fingerprint density at radius 2 is 2.04 bits per heavy atom. The molecule has 1 fully saturated rings. The Morgan fingerprint density at radius 1 is 1.21 bits per heavy atom. The molecule has 0 saturated carbocycles. The summed E-state index contributed by atoms with van der Waals surface area (Å²) in [6, 6.07) is 11.1. The Balaban J connectivity index is 1.40. The highest BCUT2D eigenvalue weighted by Gasteiger charge is 2.37. The Hall–Kier alpha value is -2.47. The SMILES string of the molecule is O=C(C1OCCc2ccccc21)N1CC(Cn2ncccc2=O)C1. The molecule has 0 radical (unpaired) electrons. The molecule has 1 aromatic heterocycles. The maximum atomic E-state index is 12.7. The van der Waals surface area contributed by atoms with E-state index < -0.39 is 6.10 Å². The van der Waals surface area contributed by atoms with Crippen molar-refractivity contribution in [3.63, 3.8) is 0 Å². The van der Waals surface area contributed by atoms with E-state index >= 15 is 0 Å². The van der Waals surface area contributed by atoms with Crippen molar-refractivity contribution in [3.8, 4) is 0 Å². The smallest absolute Gasteiger partial charge is 0.266 e. The van der Waals surface area contributed by atoms with E-state index in [4.69, 9.17) is 4.74 Å². The number of hydrogen-bond acceptors (Lipinski definition) is 4. The maximum absolute atomic E-state index is 12.7. The zero-order valence-electron chi connectivity index (χ0n) is 13.3. The van der Waals surface area contributed by atoms with E-state index in [0.29, 0.717) is 26.2 Å². The number of carbonyl (C=O) groups is 1. The number of likely N-dealkylation sites (tertiary alicyclic amines) is 1. The van der Waals surface area contributed by atoms with Crippen LogP contribution in [0.3, 0.4) is 0 Å². The molecule has 4 rings (SSSR count). The van der Waals surface area contributed by atoms with Crippen LogP contribution in [0.15, 0.2) is 47.4 Å². The number of nitrogens with zero attached hydrogens (tertiary/aromatic N) is 3. The molecule has 0 spiro atoms. The Kier molecular flexibility index (Phi) is 3.90. The van der Waals surface area contributed by atoms with Crippen molar-refractivity contribution >= 4 is 5.91 Å². The molecule has 1 atom stereocenters. The molecule has 2 aliphatic heterocycles. The number of rotatable bonds is 3. The fourth-order valence-corrected chi connectivity index (χ4v) is 3.40. The van der Waals surface area contributed by atoms with Crippen LogP contribution < -0.4 is 5.56 Å². The minimum absolute atomic E-state index is 0.0202. The van der Waals surface area contributed by atoms with Gasteiger partial charge in [-0.1, -0.05) is 24.3 Å². The summed E-state index contributed by atoms with van der Waals surface area (Å²) in [5.74, 6) is 0.284. The molecule has 6 heteroatoms. The van der Waals surface area contributed by atoms with Crippen LogP contribution in [0, 0.1) is 5.92 Å². The minimum Gasteiger partial charge on any atom is -0.363 e. The highest BCUT2D eigenvalue weighted by molar-refractivity contribution is 5.83. The monoisotopic (exact) mass is 325 g/mol. The lowest BCUT2D eigenvalue weighted by atomic mass is 9.94. The highest BCUT2D eigenvalue weighted by Crippen LogP contribution is 2.31. The average Bonchev–Trinajstić information content (AvgIpc) is 2.58. The van der Waals surface area contributed by atoms with Gasteiger partial charge in [-0.05, 0) is 23.6 Å². The van der Waals surface area contributed by atoms with Crippen molar-refractivity contribution in [3.05, 3.63) is 64.1 Å². The Morgan fingerprint density at radius 3 is 2.88 bits per heavy atom. The second kappa shape index (κ2) is 6.20. The van der Waals surface area contributed by atoms with Crippen LogP contribution in [-0.4, -0.2) is 40.3 Å². The summed E-state index contributed by atoms with van der Waals surface area (Å²) in [7, 11) is 0. The van der Waals surface area contributed by atoms with Crippen LogP contribution in [0.4, 0.5) is 0 Å². The van der Waals surface area contributed by atoms with Gasteiger partial charge in [0.15, 0.2) is 6.10 Å². The number of amides is 1. The van der Waals surface area contributed by atoms with Crippen molar-refractivity contribution in [2.24, 2.45) is 5.92 Å². The third kappa shape index (κ3) is 2.73. The lowest BCUT2D eigenvalue weighted by Crippen LogP contribution is -2.54. The van der Waals surface area contributed by atoms with E-state index in [1.165, 1.54) is 16.3 Å². The van der Waals surface area contributed by atoms with Crippen LogP contribution >= 0.6 is 0 Å². The van der Waals surface area contributed by atoms with Crippen LogP contribution in [0.1, 0.15) is 17.2 Å². The molecule has 2 aromatic rings. The quantitative estimate of drug-likeness (QED) is 0.845. The average molecular weight is 325 g/mol. The summed E-state index contributed by atoms with van der Waals surface area (Å²) in [4.78, 5) is 26.2. The molecule has 3 heterocycles. The minimum atomic E-state index is -0.492. The summed E-state index contributed by atoms with van der Waals surface area (Å²) in [5, 5.41) is 4.07. The number of benzene rings is 1. The van der Waals surface area contributed by atoms with Crippen molar-refractivity contribution in [1.82, 2.24) is 14.7 Å². The van der Waals surface area contributed by atoms with E-state index in [9.17, 15) is 9.59 Å². The van der Waals surface area contributed by atoms with E-state index in [-0.39, 0.29) is 17.4 Å². The molecule has 124 valence electrons. The van der Waals surface area contributed by atoms with Gasteiger partial charge in [0.1, 0.15) is 0 Å². The fraction of sp³-hybridized carbons (Fsp3) is 0.389. The number of ether oxygens (including phenoxy) is 1. The second-order valence-corrected chi connectivity index (χ2v) is 6.35. The number of hydrogen-bond donors (Lipinski definition) is 0. The first-order chi connectivity index (χ1) is 11.7. The molecule has 1 saturated heterocycles. The molecule has 0 N–H and O–H groups in total. The van der Waals surface area contributed by atoms with E-state index in [1.807, 2.05) is 23.1 Å². The van der Waals surface area contributed by atoms with E-state index in [0.717, 1.165) is 12.0 Å². The molecule has 0 aliphatic carbocycles. The molecular formula is C18H19N3O3. The van der Waals surface area contributed by atoms with Crippen molar-refractivity contribution in [2.75, 3.05) is 19.7 Å². The van der Waals surface area contributed by atoms with Gasteiger partial charge in [-0.3, -0.25) is 9.59 Å². The molecule has 24 heavy (non-hydrogen) atoms. The first-order valence-electron chi connectivity index (χ1n) is 8.23. The van der Waals surface area contributed by atoms with Crippen molar-refractivity contribution in [1.29, 1.82) is 0 Å². The Labute approximate surface area is 139 Å². The van der Waals surface area contributed by atoms with Crippen LogP contribution in [0.2, 0.25) is 0 Å². The summed E-state index contributed by atoms with van der Waals surface area (Å²) < 4.78 is 7.19. The predicted octanol–water partition coefficient (Wildman–Crippen LogP) is 1.02. The summed E-state index contributed by atoms with van der Waals surface area (Å²) in [6.07, 6.45) is 1.97.